The number of nitrogens with zero attached hydrogens (tertiary/aromatic N) is 1. The number of rotatable bonds is 5. The lowest BCUT2D eigenvalue weighted by Crippen LogP contribution is -2.39. The largest absolute Gasteiger partial charge is 0.484 e. The normalized spacial score (nSPS) is 13.3. The van der Waals surface area contributed by atoms with Crippen LogP contribution in [-0.4, -0.2) is 24.8 Å². The van der Waals surface area contributed by atoms with Crippen molar-refractivity contribution in [1.82, 2.24) is 0 Å². The van der Waals surface area contributed by atoms with E-state index in [1.807, 2.05) is 4.90 Å². The van der Waals surface area contributed by atoms with Gasteiger partial charge in [0.15, 0.2) is 12.4 Å². The van der Waals surface area contributed by atoms with Gasteiger partial charge in [0.05, 0.1) is 5.69 Å². The molecule has 0 radical (unpaired) electrons. The molecule has 0 N–H and O–H groups in total. The molecule has 3 rings (SSSR count). The summed E-state index contributed by atoms with van der Waals surface area (Å²) in [6.45, 7) is 4.32. The molecule has 4 nitrogen and oxygen atoms in total. The number of carbonyl (C=O) groups is 2. The summed E-state index contributed by atoms with van der Waals surface area (Å²) in [4.78, 5) is 26.1. The van der Waals surface area contributed by atoms with Crippen molar-refractivity contribution in [2.45, 2.75) is 33.1 Å². The van der Waals surface area contributed by atoms with Gasteiger partial charge in [0, 0.05) is 12.1 Å². The highest BCUT2D eigenvalue weighted by Gasteiger charge is 2.24. The first-order valence-electron chi connectivity index (χ1n) is 8.75. The molecule has 0 aliphatic carbocycles. The van der Waals surface area contributed by atoms with E-state index in [0.717, 1.165) is 31.5 Å². The fourth-order valence-electron chi connectivity index (χ4n) is 3.29. The summed E-state index contributed by atoms with van der Waals surface area (Å²) in [5.74, 6) is 0.478. The van der Waals surface area contributed by atoms with Crippen molar-refractivity contribution in [2.24, 2.45) is 0 Å². The Hall–Kier alpha value is -2.62. The fraction of sp³-hybridized carbons (Fsp3) is 0.333. The molecule has 4 heteroatoms. The third kappa shape index (κ3) is 3.73. The van der Waals surface area contributed by atoms with Crippen LogP contribution in [0.2, 0.25) is 0 Å². The van der Waals surface area contributed by atoms with E-state index in [2.05, 4.69) is 25.1 Å². The summed E-state index contributed by atoms with van der Waals surface area (Å²) in [5.41, 5.74) is 4.07. The van der Waals surface area contributed by atoms with E-state index in [-0.39, 0.29) is 18.3 Å². The molecule has 25 heavy (non-hydrogen) atoms. The Morgan fingerprint density at radius 3 is 2.72 bits per heavy atom. The van der Waals surface area contributed by atoms with E-state index >= 15 is 0 Å². The van der Waals surface area contributed by atoms with Crippen LogP contribution in [0.15, 0.2) is 42.5 Å². The molecule has 0 aromatic heterocycles. The highest BCUT2D eigenvalue weighted by molar-refractivity contribution is 5.97. The van der Waals surface area contributed by atoms with Crippen LogP contribution in [0.3, 0.4) is 0 Å². The van der Waals surface area contributed by atoms with Gasteiger partial charge in [0.2, 0.25) is 0 Å². The van der Waals surface area contributed by atoms with Gasteiger partial charge in [-0.15, -0.1) is 0 Å². The second kappa shape index (κ2) is 7.51. The molecule has 0 saturated heterocycles. The average Bonchev–Trinajstić information content (AvgIpc) is 2.65. The van der Waals surface area contributed by atoms with E-state index in [9.17, 15) is 9.59 Å². The van der Waals surface area contributed by atoms with Crippen LogP contribution in [0.1, 0.15) is 41.8 Å². The Morgan fingerprint density at radius 1 is 1.16 bits per heavy atom. The van der Waals surface area contributed by atoms with Gasteiger partial charge in [-0.05, 0) is 49.4 Å². The molecule has 1 aliphatic rings. The van der Waals surface area contributed by atoms with Gasteiger partial charge in [-0.25, -0.2) is 0 Å². The fourth-order valence-corrected chi connectivity index (χ4v) is 3.29. The van der Waals surface area contributed by atoms with Gasteiger partial charge in [0.25, 0.3) is 5.91 Å². The van der Waals surface area contributed by atoms with Crippen LogP contribution in [0, 0.1) is 0 Å². The highest BCUT2D eigenvalue weighted by Crippen LogP contribution is 2.31. The number of para-hydroxylation sites is 1. The Balaban J connectivity index is 1.75. The van der Waals surface area contributed by atoms with Crippen molar-refractivity contribution in [3.05, 3.63) is 59.2 Å². The standard InChI is InChI=1S/C21H23NO3/c1-3-16-7-4-8-17-10-6-12-22(21(16)17)20(24)14-25-19-11-5-9-18(13-19)15(2)23/h4-5,7-9,11,13H,3,6,10,12,14H2,1-2H3. The molecule has 130 valence electrons. The zero-order valence-corrected chi connectivity index (χ0v) is 14.7. The van der Waals surface area contributed by atoms with Gasteiger partial charge in [-0.2, -0.15) is 0 Å². The molecular formula is C21H23NO3. The van der Waals surface area contributed by atoms with Crippen molar-refractivity contribution < 1.29 is 14.3 Å². The maximum atomic E-state index is 12.8. The minimum absolute atomic E-state index is 0.0191. The Kier molecular flexibility index (Phi) is 5.17. The van der Waals surface area contributed by atoms with Crippen LogP contribution in [0.25, 0.3) is 0 Å². The predicted molar refractivity (Wildman–Crippen MR) is 98.4 cm³/mol. The van der Waals surface area contributed by atoms with Crippen molar-refractivity contribution in [3.8, 4) is 5.75 Å². The first-order valence-corrected chi connectivity index (χ1v) is 8.75. The summed E-state index contributed by atoms with van der Waals surface area (Å²) in [5, 5.41) is 0. The molecule has 0 saturated carbocycles. The van der Waals surface area contributed by atoms with Gasteiger partial charge >= 0.3 is 0 Å². The first-order chi connectivity index (χ1) is 12.1. The minimum atomic E-state index is -0.0462. The minimum Gasteiger partial charge on any atom is -0.484 e. The predicted octanol–water partition coefficient (Wildman–Crippen LogP) is 3.81. The van der Waals surface area contributed by atoms with Crippen molar-refractivity contribution in [1.29, 1.82) is 0 Å². The van der Waals surface area contributed by atoms with Crippen LogP contribution < -0.4 is 9.64 Å². The summed E-state index contributed by atoms with van der Waals surface area (Å²) < 4.78 is 5.66. The number of carbonyl (C=O) groups excluding carboxylic acids is 2. The zero-order chi connectivity index (χ0) is 17.8. The number of anilines is 1. The SMILES string of the molecule is CCc1cccc2c1N(C(=O)COc1cccc(C(C)=O)c1)CCC2. The summed E-state index contributed by atoms with van der Waals surface area (Å²) >= 11 is 0. The van der Waals surface area contributed by atoms with Crippen LogP contribution in [0.5, 0.6) is 5.75 Å². The topological polar surface area (TPSA) is 46.6 Å². The quantitative estimate of drug-likeness (QED) is 0.780. The maximum absolute atomic E-state index is 12.8. The summed E-state index contributed by atoms with van der Waals surface area (Å²) in [7, 11) is 0. The number of fused-ring (bicyclic) bond motifs is 1. The second-order valence-corrected chi connectivity index (χ2v) is 6.30. The first kappa shape index (κ1) is 17.2. The lowest BCUT2D eigenvalue weighted by atomic mass is 9.96. The number of Topliss-reactive ketones (excluding diaryl/α,β-unsaturated/α-hetero) is 1. The molecule has 0 bridgehead atoms. The molecule has 0 atom stereocenters. The van der Waals surface area contributed by atoms with E-state index < -0.39 is 0 Å². The molecule has 1 heterocycles. The van der Waals surface area contributed by atoms with Crippen molar-refractivity contribution >= 4 is 17.4 Å². The second-order valence-electron chi connectivity index (χ2n) is 6.30. The molecule has 1 aliphatic heterocycles. The number of benzene rings is 2. The third-order valence-corrected chi connectivity index (χ3v) is 4.59. The highest BCUT2D eigenvalue weighted by atomic mass is 16.5. The van der Waals surface area contributed by atoms with E-state index in [4.69, 9.17) is 4.74 Å². The Morgan fingerprint density at radius 2 is 1.96 bits per heavy atom. The molecule has 2 aromatic carbocycles. The number of aryl methyl sites for hydroxylation is 2. The van der Waals surface area contributed by atoms with Crippen LogP contribution in [-0.2, 0) is 17.6 Å². The van der Waals surface area contributed by atoms with Gasteiger partial charge < -0.3 is 9.64 Å². The number of hydrogen-bond acceptors (Lipinski definition) is 3. The van der Waals surface area contributed by atoms with Gasteiger partial charge in [0.1, 0.15) is 5.75 Å². The molecule has 0 spiro atoms. The molecule has 2 aromatic rings. The Bertz CT molecular complexity index is 783. The maximum Gasteiger partial charge on any atom is 0.264 e. The number of ketones is 1. The molecular weight excluding hydrogens is 314 g/mol. The lowest BCUT2D eigenvalue weighted by Gasteiger charge is -2.31. The summed E-state index contributed by atoms with van der Waals surface area (Å²) in [6.07, 6.45) is 2.87. The van der Waals surface area contributed by atoms with Crippen molar-refractivity contribution in [2.75, 3.05) is 18.1 Å². The number of amides is 1. The Labute approximate surface area is 148 Å². The monoisotopic (exact) mass is 337 g/mol. The van der Waals surface area contributed by atoms with E-state index in [0.29, 0.717) is 11.3 Å². The van der Waals surface area contributed by atoms with Crippen LogP contribution >= 0.6 is 0 Å². The number of ether oxygens (including phenoxy) is 1. The molecule has 1 amide bonds. The zero-order valence-electron chi connectivity index (χ0n) is 14.7. The van der Waals surface area contributed by atoms with E-state index in [1.165, 1.54) is 18.1 Å². The van der Waals surface area contributed by atoms with Crippen molar-refractivity contribution in [3.63, 3.8) is 0 Å². The molecule has 0 fully saturated rings. The average molecular weight is 337 g/mol. The smallest absolute Gasteiger partial charge is 0.264 e. The molecule has 0 unspecified atom stereocenters. The van der Waals surface area contributed by atoms with Gasteiger partial charge in [-0.3, -0.25) is 9.59 Å². The van der Waals surface area contributed by atoms with Gasteiger partial charge in [-0.1, -0.05) is 37.3 Å². The van der Waals surface area contributed by atoms with E-state index in [1.54, 1.807) is 24.3 Å². The van der Waals surface area contributed by atoms with Crippen LogP contribution in [0.4, 0.5) is 5.69 Å². The third-order valence-electron chi connectivity index (χ3n) is 4.59. The summed E-state index contributed by atoms with van der Waals surface area (Å²) in [6, 6.07) is 13.2. The number of hydrogen-bond donors (Lipinski definition) is 0. The lowest BCUT2D eigenvalue weighted by molar-refractivity contribution is -0.120.